The van der Waals surface area contributed by atoms with E-state index < -0.39 is 35.7 Å². The van der Waals surface area contributed by atoms with Gasteiger partial charge >= 0.3 is 0 Å². The molecule has 2 aliphatic rings. The lowest BCUT2D eigenvalue weighted by molar-refractivity contribution is -0.148. The number of nitrogens with zero attached hydrogens (tertiary/aromatic N) is 2. The van der Waals surface area contributed by atoms with E-state index in [1.165, 1.54) is 4.90 Å². The predicted molar refractivity (Wildman–Crippen MR) is 167 cm³/mol. The molecule has 2 aromatic rings. The number of carbonyl (C=O) groups is 5. The summed E-state index contributed by atoms with van der Waals surface area (Å²) in [6.07, 6.45) is 3.10. The highest BCUT2D eigenvalue weighted by Crippen LogP contribution is 2.40. The van der Waals surface area contributed by atoms with Crippen molar-refractivity contribution in [2.75, 3.05) is 31.5 Å². The Labute approximate surface area is 262 Å². The molecule has 0 aromatic heterocycles. The smallest absolute Gasteiger partial charge is 0.240 e. The van der Waals surface area contributed by atoms with E-state index in [-0.39, 0.29) is 50.6 Å². The van der Waals surface area contributed by atoms with Crippen LogP contribution in [-0.4, -0.2) is 71.6 Å². The Morgan fingerprint density at radius 3 is 2.39 bits per heavy atom. The number of fused-ring (bicyclic) bond motifs is 1. The molecule has 3 atom stereocenters. The van der Waals surface area contributed by atoms with Gasteiger partial charge in [0.05, 0.1) is 18.5 Å². The first-order valence-corrected chi connectivity index (χ1v) is 15.5. The van der Waals surface area contributed by atoms with E-state index >= 15 is 0 Å². The minimum absolute atomic E-state index is 0.0113. The Bertz CT molecular complexity index is 1390. The van der Waals surface area contributed by atoms with Crippen LogP contribution in [0.2, 0.25) is 5.02 Å². The van der Waals surface area contributed by atoms with Crippen LogP contribution in [0.3, 0.4) is 0 Å². The zero-order valence-electron chi connectivity index (χ0n) is 25.0. The highest BCUT2D eigenvalue weighted by molar-refractivity contribution is 6.31. The van der Waals surface area contributed by atoms with Gasteiger partial charge in [0.1, 0.15) is 6.04 Å². The number of hydrogen-bond acceptors (Lipinski definition) is 6. The molecular weight excluding hydrogens is 584 g/mol. The van der Waals surface area contributed by atoms with E-state index in [2.05, 4.69) is 10.6 Å². The molecule has 0 saturated carbocycles. The van der Waals surface area contributed by atoms with Crippen molar-refractivity contribution in [1.29, 1.82) is 0 Å². The van der Waals surface area contributed by atoms with Crippen molar-refractivity contribution in [2.45, 2.75) is 64.0 Å². The number of piperidine rings is 1. The van der Waals surface area contributed by atoms with Crippen LogP contribution in [0, 0.1) is 12.8 Å². The first kappa shape index (κ1) is 32.9. The third kappa shape index (κ3) is 7.95. The Balaban J connectivity index is 1.70. The van der Waals surface area contributed by atoms with Gasteiger partial charge in [-0.3, -0.25) is 24.0 Å². The molecule has 2 aliphatic heterocycles. The maximum Gasteiger partial charge on any atom is 0.240 e. The molecular formula is C32H41ClN6O5. The lowest BCUT2D eigenvalue weighted by Crippen LogP contribution is -2.56. The fraction of sp³-hybridized carbons (Fsp3) is 0.469. The number of nitrogens with one attached hydrogen (secondary N) is 2. The van der Waals surface area contributed by atoms with Gasteiger partial charge < -0.3 is 31.9 Å². The summed E-state index contributed by atoms with van der Waals surface area (Å²) in [7, 11) is 0. The highest BCUT2D eigenvalue weighted by atomic mass is 35.5. The number of primary amides is 1. The molecule has 0 aliphatic carbocycles. The fourth-order valence-electron chi connectivity index (χ4n) is 6.11. The SMILES string of the molecule is Cc1cc(NC(=O)[C@@H](CCNC(=O)CN)C2c3ccccc3CC(C(N)=O)N2C(=O)CCC(=O)N2CCCCC2)ccc1Cl. The number of amides is 5. The van der Waals surface area contributed by atoms with Crippen LogP contribution in [0.4, 0.5) is 5.69 Å². The number of benzene rings is 2. The van der Waals surface area contributed by atoms with Crippen LogP contribution in [0.1, 0.15) is 61.3 Å². The van der Waals surface area contributed by atoms with Crippen LogP contribution in [0.5, 0.6) is 0 Å². The molecule has 12 heteroatoms. The average Bonchev–Trinajstić information content (AvgIpc) is 3.02. The van der Waals surface area contributed by atoms with Gasteiger partial charge in [0.15, 0.2) is 0 Å². The molecule has 2 heterocycles. The van der Waals surface area contributed by atoms with E-state index in [1.54, 1.807) is 23.1 Å². The maximum atomic E-state index is 14.1. The number of aryl methyl sites for hydroxylation is 1. The van der Waals surface area contributed by atoms with Gasteiger partial charge in [0, 0.05) is 49.6 Å². The number of likely N-dealkylation sites (tertiary alicyclic amines) is 1. The first-order valence-electron chi connectivity index (χ1n) is 15.1. The minimum Gasteiger partial charge on any atom is -0.368 e. The second kappa shape index (κ2) is 15.2. The molecule has 2 unspecified atom stereocenters. The number of rotatable bonds is 11. The summed E-state index contributed by atoms with van der Waals surface area (Å²) in [4.78, 5) is 69.1. The molecule has 5 amide bonds. The molecule has 44 heavy (non-hydrogen) atoms. The zero-order valence-corrected chi connectivity index (χ0v) is 25.8. The standard InChI is InChI=1S/C32H41ClN6O5/c1-20-17-22(9-10-25(20)33)37-32(44)24(13-14-36-27(40)19-34)30-23-8-4-3-7-21(23)18-26(31(35)43)39(30)29(42)12-11-28(41)38-15-5-2-6-16-38/h3-4,7-10,17,24,26,30H,2,5-6,11-16,18-19,34H2,1H3,(H2,35,43)(H,36,40)(H,37,44)/t24-,26?,30?/m0/s1. The van der Waals surface area contributed by atoms with Gasteiger partial charge in [-0.05, 0) is 67.5 Å². The number of anilines is 1. The summed E-state index contributed by atoms with van der Waals surface area (Å²) in [6.45, 7) is 3.03. The van der Waals surface area contributed by atoms with Gasteiger partial charge in [0.2, 0.25) is 29.5 Å². The minimum atomic E-state index is -1.03. The topological polar surface area (TPSA) is 168 Å². The molecule has 1 saturated heterocycles. The maximum absolute atomic E-state index is 14.1. The molecule has 11 nitrogen and oxygen atoms in total. The van der Waals surface area contributed by atoms with Crippen LogP contribution >= 0.6 is 11.6 Å². The second-order valence-electron chi connectivity index (χ2n) is 11.4. The average molecular weight is 625 g/mol. The summed E-state index contributed by atoms with van der Waals surface area (Å²) in [6, 6.07) is 10.5. The van der Waals surface area contributed by atoms with E-state index in [9.17, 15) is 24.0 Å². The van der Waals surface area contributed by atoms with Gasteiger partial charge in [-0.2, -0.15) is 0 Å². The normalized spacial score (nSPS) is 18.6. The Morgan fingerprint density at radius 2 is 1.70 bits per heavy atom. The summed E-state index contributed by atoms with van der Waals surface area (Å²) in [5, 5.41) is 6.19. The summed E-state index contributed by atoms with van der Waals surface area (Å²) < 4.78 is 0. The molecule has 0 bridgehead atoms. The van der Waals surface area contributed by atoms with Crippen LogP contribution in [0.15, 0.2) is 42.5 Å². The number of halogens is 1. The Kier molecular flexibility index (Phi) is 11.4. The van der Waals surface area contributed by atoms with Gasteiger partial charge in [0.25, 0.3) is 0 Å². The predicted octanol–water partition coefficient (Wildman–Crippen LogP) is 2.44. The van der Waals surface area contributed by atoms with E-state index in [0.29, 0.717) is 29.4 Å². The first-order chi connectivity index (χ1) is 21.1. The van der Waals surface area contributed by atoms with Crippen molar-refractivity contribution in [3.63, 3.8) is 0 Å². The molecule has 0 radical (unpaired) electrons. The lowest BCUT2D eigenvalue weighted by atomic mass is 9.79. The molecule has 2 aromatic carbocycles. The summed E-state index contributed by atoms with van der Waals surface area (Å²) in [5.74, 6) is -2.97. The van der Waals surface area contributed by atoms with Crippen molar-refractivity contribution in [1.82, 2.24) is 15.1 Å². The van der Waals surface area contributed by atoms with Crippen molar-refractivity contribution in [2.24, 2.45) is 17.4 Å². The van der Waals surface area contributed by atoms with Crippen LogP contribution in [0.25, 0.3) is 0 Å². The highest BCUT2D eigenvalue weighted by Gasteiger charge is 2.45. The molecule has 1 fully saturated rings. The quantitative estimate of drug-likeness (QED) is 0.299. The number of hydrogen-bond donors (Lipinski definition) is 4. The van der Waals surface area contributed by atoms with Crippen molar-refractivity contribution in [3.8, 4) is 0 Å². The largest absolute Gasteiger partial charge is 0.368 e. The molecule has 236 valence electrons. The van der Waals surface area contributed by atoms with Crippen LogP contribution in [-0.2, 0) is 30.4 Å². The summed E-state index contributed by atoms with van der Waals surface area (Å²) >= 11 is 6.19. The van der Waals surface area contributed by atoms with Gasteiger partial charge in [-0.25, -0.2) is 0 Å². The monoisotopic (exact) mass is 624 g/mol. The third-order valence-electron chi connectivity index (χ3n) is 8.41. The van der Waals surface area contributed by atoms with E-state index in [4.69, 9.17) is 23.1 Å². The number of nitrogens with two attached hydrogens (primary N) is 2. The molecule has 6 N–H and O–H groups in total. The lowest BCUT2D eigenvalue weighted by Gasteiger charge is -2.45. The Morgan fingerprint density at radius 1 is 1.00 bits per heavy atom. The Hall–Kier alpha value is -3.96. The van der Waals surface area contributed by atoms with E-state index in [0.717, 1.165) is 30.4 Å². The third-order valence-corrected chi connectivity index (χ3v) is 8.83. The summed E-state index contributed by atoms with van der Waals surface area (Å²) in [5.41, 5.74) is 14.1. The number of carbonyl (C=O) groups excluding carboxylic acids is 5. The van der Waals surface area contributed by atoms with Crippen LogP contribution < -0.4 is 22.1 Å². The van der Waals surface area contributed by atoms with Crippen molar-refractivity contribution < 1.29 is 24.0 Å². The van der Waals surface area contributed by atoms with E-state index in [1.807, 2.05) is 31.2 Å². The molecule has 4 rings (SSSR count). The second-order valence-corrected chi connectivity index (χ2v) is 11.8. The fourth-order valence-corrected chi connectivity index (χ4v) is 6.23. The van der Waals surface area contributed by atoms with Crippen molar-refractivity contribution >= 4 is 46.8 Å². The molecule has 0 spiro atoms. The van der Waals surface area contributed by atoms with Crippen molar-refractivity contribution in [3.05, 3.63) is 64.2 Å². The zero-order chi connectivity index (χ0) is 31.8. The van der Waals surface area contributed by atoms with Gasteiger partial charge in [-0.1, -0.05) is 35.9 Å². The van der Waals surface area contributed by atoms with Gasteiger partial charge in [-0.15, -0.1) is 0 Å².